The molecule has 1 fully saturated rings. The van der Waals surface area contributed by atoms with Gasteiger partial charge in [-0.15, -0.1) is 11.3 Å². The lowest BCUT2D eigenvalue weighted by Gasteiger charge is -2.37. The number of hydrogen-bond acceptors (Lipinski definition) is 4. The van der Waals surface area contributed by atoms with E-state index < -0.39 is 11.5 Å². The summed E-state index contributed by atoms with van der Waals surface area (Å²) in [5.74, 6) is 0.707. The van der Waals surface area contributed by atoms with Crippen LogP contribution in [0.15, 0.2) is 6.20 Å². The number of aliphatic hydroxyl groups excluding tert-OH is 1. The molecule has 0 amide bonds. The minimum Gasteiger partial charge on any atom is -0.384 e. The predicted octanol–water partition coefficient (Wildman–Crippen LogP) is 4.33. The molecule has 1 aliphatic rings. The molecule has 104 valence electrons. The molecule has 5 heteroatoms. The van der Waals surface area contributed by atoms with Crippen LogP contribution in [0.25, 0.3) is 0 Å². The number of hydrogen-bond donors (Lipinski definition) is 1. The molecule has 2 rings (SSSR count). The Balaban J connectivity index is 2.10. The molecule has 3 nitrogen and oxygen atoms in total. The van der Waals surface area contributed by atoms with E-state index in [1.807, 2.05) is 0 Å². The molecule has 0 saturated heterocycles. The third-order valence-electron chi connectivity index (χ3n) is 4.17. The molecule has 1 atom stereocenters. The summed E-state index contributed by atoms with van der Waals surface area (Å²) in [6, 6.07) is 2.36. The second-order valence-electron chi connectivity index (χ2n) is 5.41. The number of halogens is 1. The molecule has 1 heterocycles. The van der Waals surface area contributed by atoms with Crippen molar-refractivity contribution in [1.82, 2.24) is 4.98 Å². The molecule has 1 unspecified atom stereocenters. The normalized spacial score (nSPS) is 28.8. The molecular formula is C14H19ClN2OS. The zero-order valence-corrected chi connectivity index (χ0v) is 12.7. The smallest absolute Gasteiger partial charge is 0.124 e. The third kappa shape index (κ3) is 3.10. The lowest BCUT2D eigenvalue weighted by atomic mass is 9.67. The van der Waals surface area contributed by atoms with Crippen LogP contribution in [0.5, 0.6) is 0 Å². The number of rotatable bonds is 4. The molecule has 0 aromatic carbocycles. The molecule has 1 saturated carbocycles. The SMILES string of the molecule is CCCC1CCC(C#N)(C(O)c2ncc(Cl)s2)CC1. The van der Waals surface area contributed by atoms with Gasteiger partial charge in [0.15, 0.2) is 0 Å². The second-order valence-corrected chi connectivity index (χ2v) is 7.10. The molecular weight excluding hydrogens is 280 g/mol. The van der Waals surface area contributed by atoms with Crippen molar-refractivity contribution >= 4 is 22.9 Å². The van der Waals surface area contributed by atoms with Gasteiger partial charge in [-0.1, -0.05) is 31.4 Å². The zero-order valence-electron chi connectivity index (χ0n) is 11.1. The summed E-state index contributed by atoms with van der Waals surface area (Å²) in [6.07, 6.45) is 6.71. The van der Waals surface area contributed by atoms with Gasteiger partial charge in [0.2, 0.25) is 0 Å². The van der Waals surface area contributed by atoms with E-state index in [0.29, 0.717) is 15.3 Å². The predicted molar refractivity (Wildman–Crippen MR) is 77.0 cm³/mol. The Morgan fingerprint density at radius 2 is 2.32 bits per heavy atom. The van der Waals surface area contributed by atoms with E-state index in [2.05, 4.69) is 18.0 Å². The highest BCUT2D eigenvalue weighted by Gasteiger charge is 2.43. The number of aromatic nitrogens is 1. The highest BCUT2D eigenvalue weighted by molar-refractivity contribution is 7.15. The first-order chi connectivity index (χ1) is 9.11. The number of nitriles is 1. The van der Waals surface area contributed by atoms with Gasteiger partial charge in [-0.25, -0.2) is 4.98 Å². The fraction of sp³-hybridized carbons (Fsp3) is 0.714. The van der Waals surface area contributed by atoms with Gasteiger partial charge in [-0.2, -0.15) is 5.26 Å². The molecule has 1 N–H and O–H groups in total. The standard InChI is InChI=1S/C14H19ClN2OS/c1-2-3-10-4-6-14(9-16,7-5-10)12(18)13-17-8-11(15)19-13/h8,10,12,18H,2-7H2,1H3. The van der Waals surface area contributed by atoms with Crippen LogP contribution in [0.4, 0.5) is 0 Å². The minimum atomic E-state index is -0.808. The summed E-state index contributed by atoms with van der Waals surface area (Å²) in [4.78, 5) is 4.12. The Kier molecular flexibility index (Phi) is 4.83. The summed E-state index contributed by atoms with van der Waals surface area (Å²) >= 11 is 7.13. The lowest BCUT2D eigenvalue weighted by Crippen LogP contribution is -2.32. The molecule has 0 spiro atoms. The topological polar surface area (TPSA) is 56.9 Å². The Morgan fingerprint density at radius 3 is 2.79 bits per heavy atom. The summed E-state index contributed by atoms with van der Waals surface area (Å²) < 4.78 is 0.557. The molecule has 19 heavy (non-hydrogen) atoms. The van der Waals surface area contributed by atoms with Crippen LogP contribution in [0, 0.1) is 22.7 Å². The molecule has 0 radical (unpaired) electrons. The van der Waals surface area contributed by atoms with Crippen molar-refractivity contribution in [3.63, 3.8) is 0 Å². The summed E-state index contributed by atoms with van der Waals surface area (Å²) in [5, 5.41) is 20.6. The molecule has 1 aromatic heterocycles. The lowest BCUT2D eigenvalue weighted by molar-refractivity contribution is 0.0235. The zero-order chi connectivity index (χ0) is 13.9. The highest BCUT2D eigenvalue weighted by Crippen LogP contribution is 2.48. The maximum atomic E-state index is 10.5. The minimum absolute atomic E-state index is 0.557. The van der Waals surface area contributed by atoms with Gasteiger partial charge in [0.05, 0.1) is 17.7 Å². The molecule has 0 aliphatic heterocycles. The summed E-state index contributed by atoms with van der Waals surface area (Å²) in [7, 11) is 0. The summed E-state index contributed by atoms with van der Waals surface area (Å²) in [6.45, 7) is 2.19. The van der Waals surface area contributed by atoms with E-state index in [9.17, 15) is 10.4 Å². The average molecular weight is 299 g/mol. The van der Waals surface area contributed by atoms with Gasteiger partial charge in [0, 0.05) is 0 Å². The van der Waals surface area contributed by atoms with E-state index in [1.165, 1.54) is 24.2 Å². The van der Waals surface area contributed by atoms with Crippen molar-refractivity contribution in [2.24, 2.45) is 11.3 Å². The van der Waals surface area contributed by atoms with Crippen LogP contribution in [0.1, 0.15) is 56.6 Å². The van der Waals surface area contributed by atoms with E-state index >= 15 is 0 Å². The van der Waals surface area contributed by atoms with Crippen LogP contribution in [-0.4, -0.2) is 10.1 Å². The number of thiazole rings is 1. The highest BCUT2D eigenvalue weighted by atomic mass is 35.5. The maximum absolute atomic E-state index is 10.5. The van der Waals surface area contributed by atoms with Crippen molar-refractivity contribution < 1.29 is 5.11 Å². The average Bonchev–Trinajstić information content (AvgIpc) is 2.86. The van der Waals surface area contributed by atoms with Crippen molar-refractivity contribution in [2.45, 2.75) is 51.6 Å². The van der Waals surface area contributed by atoms with Crippen molar-refractivity contribution in [1.29, 1.82) is 5.26 Å². The number of aliphatic hydroxyl groups is 1. The van der Waals surface area contributed by atoms with E-state index in [0.717, 1.165) is 25.7 Å². The van der Waals surface area contributed by atoms with Crippen molar-refractivity contribution in [2.75, 3.05) is 0 Å². The van der Waals surface area contributed by atoms with Gasteiger partial charge >= 0.3 is 0 Å². The van der Waals surface area contributed by atoms with Crippen LogP contribution in [0.3, 0.4) is 0 Å². The molecule has 1 aromatic rings. The molecule has 1 aliphatic carbocycles. The van der Waals surface area contributed by atoms with E-state index in [1.54, 1.807) is 6.20 Å². The molecule has 0 bridgehead atoms. The summed E-state index contributed by atoms with van der Waals surface area (Å²) in [5.41, 5.74) is -0.675. The van der Waals surface area contributed by atoms with Gasteiger partial charge in [-0.3, -0.25) is 0 Å². The van der Waals surface area contributed by atoms with Crippen molar-refractivity contribution in [3.8, 4) is 6.07 Å². The maximum Gasteiger partial charge on any atom is 0.124 e. The first kappa shape index (κ1) is 14.8. The number of nitrogens with zero attached hydrogens (tertiary/aromatic N) is 2. The van der Waals surface area contributed by atoms with Crippen LogP contribution >= 0.6 is 22.9 Å². The Hall–Kier alpha value is -0.630. The van der Waals surface area contributed by atoms with Crippen LogP contribution in [0.2, 0.25) is 4.34 Å². The van der Waals surface area contributed by atoms with Gasteiger partial charge < -0.3 is 5.11 Å². The fourth-order valence-electron chi connectivity index (χ4n) is 2.97. The second kappa shape index (κ2) is 6.21. The van der Waals surface area contributed by atoms with Gasteiger partial charge in [0.1, 0.15) is 15.4 Å². The fourth-order valence-corrected chi connectivity index (χ4v) is 4.00. The van der Waals surface area contributed by atoms with E-state index in [4.69, 9.17) is 11.6 Å². The third-order valence-corrected chi connectivity index (χ3v) is 5.34. The monoisotopic (exact) mass is 298 g/mol. The first-order valence-electron chi connectivity index (χ1n) is 6.82. The van der Waals surface area contributed by atoms with E-state index in [-0.39, 0.29) is 0 Å². The van der Waals surface area contributed by atoms with Crippen LogP contribution < -0.4 is 0 Å². The quantitative estimate of drug-likeness (QED) is 0.900. The van der Waals surface area contributed by atoms with Gasteiger partial charge in [0.25, 0.3) is 0 Å². The largest absolute Gasteiger partial charge is 0.384 e. The Labute approximate surface area is 123 Å². The van der Waals surface area contributed by atoms with Crippen molar-refractivity contribution in [3.05, 3.63) is 15.5 Å². The first-order valence-corrected chi connectivity index (χ1v) is 8.01. The Morgan fingerprint density at radius 1 is 1.63 bits per heavy atom. The Bertz CT molecular complexity index is 460. The van der Waals surface area contributed by atoms with Gasteiger partial charge in [-0.05, 0) is 31.6 Å². The van der Waals surface area contributed by atoms with Crippen LogP contribution in [-0.2, 0) is 0 Å².